The molecule has 2 aliphatic heterocycles. The van der Waals surface area contributed by atoms with Crippen molar-refractivity contribution in [2.45, 2.75) is 69.9 Å². The van der Waals surface area contributed by atoms with Crippen LogP contribution in [-0.2, 0) is 19.1 Å². The van der Waals surface area contributed by atoms with Gasteiger partial charge in [-0.2, -0.15) is 0 Å². The number of rotatable bonds is 8. The Hall–Kier alpha value is -3.39. The highest BCUT2D eigenvalue weighted by atomic mass is 16.5. The molecule has 38 heavy (non-hydrogen) atoms. The zero-order valence-corrected chi connectivity index (χ0v) is 22.0. The molecule has 8 heteroatoms. The van der Waals surface area contributed by atoms with Crippen molar-refractivity contribution >= 4 is 17.7 Å². The molecule has 2 aromatic rings. The maximum absolute atomic E-state index is 12.3. The first kappa shape index (κ1) is 27.6. The Bertz CT molecular complexity index is 1050. The number of carbonyl (C=O) groups is 2. The van der Waals surface area contributed by atoms with E-state index in [1.54, 1.807) is 0 Å². The summed E-state index contributed by atoms with van der Waals surface area (Å²) in [6.45, 7) is 2.35. The molecule has 2 saturated heterocycles. The van der Waals surface area contributed by atoms with Crippen molar-refractivity contribution in [2.75, 3.05) is 19.8 Å². The van der Waals surface area contributed by atoms with Gasteiger partial charge in [0.25, 0.3) is 0 Å². The van der Waals surface area contributed by atoms with Crippen LogP contribution in [-0.4, -0.2) is 49.7 Å². The summed E-state index contributed by atoms with van der Waals surface area (Å²) < 4.78 is 16.4. The van der Waals surface area contributed by atoms with Crippen molar-refractivity contribution in [3.05, 3.63) is 54.1 Å². The third-order valence-electron chi connectivity index (χ3n) is 7.21. The van der Waals surface area contributed by atoms with E-state index in [4.69, 9.17) is 25.4 Å². The molecule has 3 fully saturated rings. The van der Waals surface area contributed by atoms with Gasteiger partial charge in [-0.3, -0.25) is 15.0 Å². The lowest BCUT2D eigenvalue weighted by atomic mass is 9.97. The van der Waals surface area contributed by atoms with E-state index < -0.39 is 0 Å². The maximum atomic E-state index is 12.3. The van der Waals surface area contributed by atoms with Crippen LogP contribution in [0.4, 0.5) is 0 Å². The van der Waals surface area contributed by atoms with Crippen molar-refractivity contribution in [1.29, 1.82) is 5.41 Å². The Balaban J connectivity index is 0.000000603. The van der Waals surface area contributed by atoms with Gasteiger partial charge < -0.3 is 25.3 Å². The Morgan fingerprint density at radius 3 is 2.16 bits per heavy atom. The Kier molecular flexibility index (Phi) is 10.1. The van der Waals surface area contributed by atoms with E-state index in [0.29, 0.717) is 24.3 Å². The number of nitrogens with two attached hydrogens (primary N) is 1. The Morgan fingerprint density at radius 2 is 1.58 bits per heavy atom. The first-order valence-corrected chi connectivity index (χ1v) is 13.7. The topological polar surface area (TPSA) is 124 Å². The van der Waals surface area contributed by atoms with Gasteiger partial charge in [0.05, 0.1) is 18.4 Å². The molecule has 0 unspecified atom stereocenters. The molecule has 2 heterocycles. The van der Waals surface area contributed by atoms with Gasteiger partial charge in [0.15, 0.2) is 0 Å². The molecule has 2 atom stereocenters. The van der Waals surface area contributed by atoms with Crippen LogP contribution in [0.25, 0.3) is 11.1 Å². The minimum absolute atomic E-state index is 0.0184. The van der Waals surface area contributed by atoms with Crippen LogP contribution in [0.2, 0.25) is 0 Å². The molecule has 2 aromatic carbocycles. The van der Waals surface area contributed by atoms with Crippen molar-refractivity contribution in [2.24, 2.45) is 11.7 Å². The first-order chi connectivity index (χ1) is 18.5. The van der Waals surface area contributed by atoms with E-state index in [1.165, 1.54) is 19.3 Å². The van der Waals surface area contributed by atoms with Crippen LogP contribution in [0.15, 0.2) is 48.5 Å². The number of hydrogen-bond donors (Lipinski definition) is 3. The van der Waals surface area contributed by atoms with Gasteiger partial charge in [-0.25, -0.2) is 0 Å². The molecule has 5 rings (SSSR count). The molecule has 3 aliphatic rings. The highest BCUT2D eigenvalue weighted by molar-refractivity contribution is 5.95. The fraction of sp³-hybridized carbons (Fsp3) is 0.500. The maximum Gasteiger partial charge on any atom is 0.306 e. The summed E-state index contributed by atoms with van der Waals surface area (Å²) >= 11 is 0. The van der Waals surface area contributed by atoms with E-state index in [9.17, 15) is 9.59 Å². The lowest BCUT2D eigenvalue weighted by Crippen LogP contribution is -2.31. The second-order valence-electron chi connectivity index (χ2n) is 10.2. The summed E-state index contributed by atoms with van der Waals surface area (Å²) in [6.07, 6.45) is 8.56. The summed E-state index contributed by atoms with van der Waals surface area (Å²) in [7, 11) is 0. The normalized spacial score (nSPS) is 21.2. The third kappa shape index (κ3) is 8.31. The standard InChI is InChI=1S/C26H31N3O4.C4H8O/c27-25(28)19-8-6-17(7-9-19)18-10-12-22(13-11-18)32-16-21-14-20(26(31)29-21)15-24(30)33-23-4-2-1-3-5-23;1-2-4-5-3-1/h6-13,20-21,23H,1-5,14-16H2,(H3,27,28)(H,29,31);1-4H2/t20-,21-;/m0./s1. The third-order valence-corrected chi connectivity index (χ3v) is 7.21. The molecule has 1 saturated carbocycles. The number of hydrogen-bond acceptors (Lipinski definition) is 6. The zero-order chi connectivity index (χ0) is 26.7. The lowest BCUT2D eigenvalue weighted by molar-refractivity contribution is -0.152. The number of nitrogen functional groups attached to an aromatic ring is 1. The minimum Gasteiger partial charge on any atom is -0.491 e. The van der Waals surface area contributed by atoms with Crippen molar-refractivity contribution in [1.82, 2.24) is 5.32 Å². The fourth-order valence-corrected chi connectivity index (χ4v) is 5.03. The summed E-state index contributed by atoms with van der Waals surface area (Å²) in [6, 6.07) is 15.1. The molecule has 0 bridgehead atoms. The van der Waals surface area contributed by atoms with Crippen LogP contribution >= 0.6 is 0 Å². The molecule has 8 nitrogen and oxygen atoms in total. The van der Waals surface area contributed by atoms with Crippen LogP contribution in [0, 0.1) is 11.3 Å². The van der Waals surface area contributed by atoms with E-state index in [1.807, 2.05) is 48.5 Å². The second-order valence-corrected chi connectivity index (χ2v) is 10.2. The average Bonchev–Trinajstić information content (AvgIpc) is 3.62. The van der Waals surface area contributed by atoms with Crippen LogP contribution in [0.1, 0.15) is 63.4 Å². The molecule has 0 aromatic heterocycles. The first-order valence-electron chi connectivity index (χ1n) is 13.7. The van der Waals surface area contributed by atoms with Gasteiger partial charge in [-0.1, -0.05) is 42.8 Å². The smallest absolute Gasteiger partial charge is 0.306 e. The quantitative estimate of drug-likeness (QED) is 0.265. The summed E-state index contributed by atoms with van der Waals surface area (Å²) in [5.41, 5.74) is 8.25. The number of ether oxygens (including phenoxy) is 3. The molecule has 4 N–H and O–H groups in total. The van der Waals surface area contributed by atoms with Crippen LogP contribution in [0.3, 0.4) is 0 Å². The molecular weight excluding hydrogens is 482 g/mol. The minimum atomic E-state index is -0.352. The average molecular weight is 522 g/mol. The summed E-state index contributed by atoms with van der Waals surface area (Å²) in [5.74, 6) is 0.0419. The number of nitrogens with one attached hydrogen (secondary N) is 2. The zero-order valence-electron chi connectivity index (χ0n) is 22.0. The molecule has 204 valence electrons. The van der Waals surface area contributed by atoms with Gasteiger partial charge in [0.2, 0.25) is 5.91 Å². The Labute approximate surface area is 224 Å². The van der Waals surface area contributed by atoms with Gasteiger partial charge in [0.1, 0.15) is 24.3 Å². The number of amidine groups is 1. The second kappa shape index (κ2) is 14.0. The predicted octanol–water partition coefficient (Wildman–Crippen LogP) is 4.58. The molecule has 0 spiro atoms. The van der Waals surface area contributed by atoms with E-state index >= 15 is 0 Å². The number of benzene rings is 2. The highest BCUT2D eigenvalue weighted by Crippen LogP contribution is 2.26. The van der Waals surface area contributed by atoms with Gasteiger partial charge in [-0.05, 0) is 68.2 Å². The van der Waals surface area contributed by atoms with E-state index in [0.717, 1.165) is 50.0 Å². The van der Waals surface area contributed by atoms with Crippen LogP contribution < -0.4 is 15.8 Å². The van der Waals surface area contributed by atoms with Crippen LogP contribution in [0.5, 0.6) is 5.75 Å². The van der Waals surface area contributed by atoms with E-state index in [-0.39, 0.29) is 42.2 Å². The largest absolute Gasteiger partial charge is 0.491 e. The van der Waals surface area contributed by atoms with Crippen molar-refractivity contribution < 1.29 is 23.8 Å². The SMILES string of the molecule is C1CCOC1.N=C(N)c1ccc(-c2ccc(OC[C@@H]3C[C@@H](CC(=O)OC4CCCCC4)C(=O)N3)cc2)cc1. The monoisotopic (exact) mass is 521 g/mol. The number of amides is 1. The Morgan fingerprint density at radius 1 is 0.947 bits per heavy atom. The van der Waals surface area contributed by atoms with Crippen molar-refractivity contribution in [3.63, 3.8) is 0 Å². The van der Waals surface area contributed by atoms with Gasteiger partial charge in [-0.15, -0.1) is 0 Å². The fourth-order valence-electron chi connectivity index (χ4n) is 5.03. The van der Waals surface area contributed by atoms with E-state index in [2.05, 4.69) is 5.32 Å². The van der Waals surface area contributed by atoms with Crippen molar-refractivity contribution in [3.8, 4) is 16.9 Å². The number of esters is 1. The highest BCUT2D eigenvalue weighted by Gasteiger charge is 2.34. The summed E-state index contributed by atoms with van der Waals surface area (Å²) in [4.78, 5) is 24.5. The lowest BCUT2D eigenvalue weighted by Gasteiger charge is -2.22. The molecule has 0 radical (unpaired) electrons. The molecule has 1 aliphatic carbocycles. The predicted molar refractivity (Wildman–Crippen MR) is 146 cm³/mol. The number of carbonyl (C=O) groups excluding carboxylic acids is 2. The summed E-state index contributed by atoms with van der Waals surface area (Å²) in [5, 5.41) is 10.4. The molecule has 1 amide bonds. The van der Waals surface area contributed by atoms with Gasteiger partial charge >= 0.3 is 5.97 Å². The molecular formula is C30H39N3O5. The van der Waals surface area contributed by atoms with Gasteiger partial charge in [0, 0.05) is 18.8 Å².